The molecule has 0 heterocycles. The van der Waals surface area contributed by atoms with E-state index in [-0.39, 0.29) is 5.78 Å². The quantitative estimate of drug-likeness (QED) is 0.852. The predicted molar refractivity (Wildman–Crippen MR) is 70.7 cm³/mol. The third kappa shape index (κ3) is 2.22. The molecule has 0 aliphatic heterocycles. The van der Waals surface area contributed by atoms with Crippen molar-refractivity contribution in [2.24, 2.45) is 11.1 Å². The molecule has 2 nitrogen and oxygen atoms in total. The van der Waals surface area contributed by atoms with Crippen molar-refractivity contribution in [3.8, 4) is 0 Å². The van der Waals surface area contributed by atoms with Crippen molar-refractivity contribution in [3.05, 3.63) is 33.8 Å². The number of carbonyl (C=O) groups is 1. The second kappa shape index (κ2) is 4.97. The van der Waals surface area contributed by atoms with Gasteiger partial charge in [0.25, 0.3) is 0 Å². The molecule has 2 rings (SSSR count). The highest BCUT2D eigenvalue weighted by atomic mass is 35.5. The van der Waals surface area contributed by atoms with Gasteiger partial charge in [0.1, 0.15) is 0 Å². The normalized spacial score (nSPS) is 18.3. The first-order chi connectivity index (χ1) is 8.10. The molecule has 4 heteroatoms. The molecule has 0 saturated heterocycles. The van der Waals surface area contributed by atoms with Crippen molar-refractivity contribution in [2.45, 2.75) is 25.7 Å². The highest BCUT2D eigenvalue weighted by Crippen LogP contribution is 2.41. The Morgan fingerprint density at radius 2 is 1.94 bits per heavy atom. The van der Waals surface area contributed by atoms with Gasteiger partial charge in [-0.3, -0.25) is 4.79 Å². The first-order valence-corrected chi connectivity index (χ1v) is 6.55. The Bertz CT molecular complexity index is 439. The van der Waals surface area contributed by atoms with Crippen LogP contribution in [0.15, 0.2) is 18.2 Å². The van der Waals surface area contributed by atoms with Crippen LogP contribution in [0.5, 0.6) is 0 Å². The van der Waals surface area contributed by atoms with Gasteiger partial charge in [-0.15, -0.1) is 0 Å². The van der Waals surface area contributed by atoms with Crippen molar-refractivity contribution in [1.29, 1.82) is 0 Å². The smallest absolute Gasteiger partial charge is 0.171 e. The van der Waals surface area contributed by atoms with Crippen molar-refractivity contribution in [3.63, 3.8) is 0 Å². The molecule has 0 atom stereocenters. The van der Waals surface area contributed by atoms with Gasteiger partial charge in [-0.05, 0) is 25.0 Å². The molecule has 1 aliphatic carbocycles. The van der Waals surface area contributed by atoms with E-state index in [1.807, 2.05) is 0 Å². The van der Waals surface area contributed by atoms with Gasteiger partial charge >= 0.3 is 0 Å². The van der Waals surface area contributed by atoms with E-state index in [0.29, 0.717) is 22.2 Å². The van der Waals surface area contributed by atoms with Gasteiger partial charge in [0.05, 0.1) is 10.0 Å². The summed E-state index contributed by atoms with van der Waals surface area (Å²) in [6, 6.07) is 5.16. The van der Waals surface area contributed by atoms with Crippen molar-refractivity contribution in [1.82, 2.24) is 0 Å². The summed E-state index contributed by atoms with van der Waals surface area (Å²) in [4.78, 5) is 12.5. The molecular weight excluding hydrogens is 257 g/mol. The van der Waals surface area contributed by atoms with Crippen LogP contribution in [0.1, 0.15) is 36.0 Å². The van der Waals surface area contributed by atoms with Crippen LogP contribution in [0.4, 0.5) is 0 Å². The number of benzene rings is 1. The molecule has 1 aromatic carbocycles. The zero-order valence-electron chi connectivity index (χ0n) is 9.51. The van der Waals surface area contributed by atoms with Crippen LogP contribution in [0, 0.1) is 5.41 Å². The molecule has 1 fully saturated rings. The zero-order chi connectivity index (χ0) is 12.5. The van der Waals surface area contributed by atoms with Crippen LogP contribution < -0.4 is 5.73 Å². The van der Waals surface area contributed by atoms with Gasteiger partial charge < -0.3 is 5.73 Å². The Morgan fingerprint density at radius 3 is 2.53 bits per heavy atom. The number of ketones is 1. The van der Waals surface area contributed by atoms with Gasteiger partial charge in [0.15, 0.2) is 5.78 Å². The monoisotopic (exact) mass is 271 g/mol. The number of halogens is 2. The molecule has 92 valence electrons. The molecular formula is C13H15Cl2NO. The zero-order valence-corrected chi connectivity index (χ0v) is 11.0. The molecule has 0 radical (unpaired) electrons. The Morgan fingerprint density at radius 1 is 1.29 bits per heavy atom. The van der Waals surface area contributed by atoms with Crippen LogP contribution in [0.2, 0.25) is 10.0 Å². The Balaban J connectivity index is 2.39. The standard InChI is InChI=1S/C13H15Cl2NO/c14-10-5-3-4-9(11(10)15)12(17)13(8-16)6-1-2-7-13/h3-5H,1-2,6-8,16H2. The van der Waals surface area contributed by atoms with Gasteiger partial charge in [-0.1, -0.05) is 42.1 Å². The lowest BCUT2D eigenvalue weighted by molar-refractivity contribution is 0.0810. The Kier molecular flexibility index (Phi) is 3.76. The number of rotatable bonds is 3. The number of hydrogen-bond acceptors (Lipinski definition) is 2. The molecule has 0 spiro atoms. The summed E-state index contributed by atoms with van der Waals surface area (Å²) in [5.41, 5.74) is 5.88. The van der Waals surface area contributed by atoms with E-state index in [1.54, 1.807) is 18.2 Å². The van der Waals surface area contributed by atoms with Gasteiger partial charge in [-0.2, -0.15) is 0 Å². The molecule has 0 amide bonds. The Labute approximate surface area is 111 Å². The molecule has 0 aromatic heterocycles. The lowest BCUT2D eigenvalue weighted by atomic mass is 9.79. The fraction of sp³-hybridized carbons (Fsp3) is 0.462. The van der Waals surface area contributed by atoms with Crippen LogP contribution in [0.25, 0.3) is 0 Å². The maximum Gasteiger partial charge on any atom is 0.171 e. The average molecular weight is 272 g/mol. The molecule has 0 bridgehead atoms. The number of Topliss-reactive ketones (excluding diaryl/α,β-unsaturated/α-hetero) is 1. The summed E-state index contributed by atoms with van der Waals surface area (Å²) in [7, 11) is 0. The van der Waals surface area contributed by atoms with Gasteiger partial charge in [0, 0.05) is 17.5 Å². The minimum Gasteiger partial charge on any atom is -0.329 e. The lowest BCUT2D eigenvalue weighted by Crippen LogP contribution is -2.36. The third-order valence-electron chi connectivity index (χ3n) is 3.63. The summed E-state index contributed by atoms with van der Waals surface area (Å²) >= 11 is 12.0. The summed E-state index contributed by atoms with van der Waals surface area (Å²) < 4.78 is 0. The maximum atomic E-state index is 12.5. The van der Waals surface area contributed by atoms with Crippen LogP contribution in [0.3, 0.4) is 0 Å². The van der Waals surface area contributed by atoms with Crippen LogP contribution in [-0.2, 0) is 0 Å². The number of nitrogens with two attached hydrogens (primary N) is 1. The van der Waals surface area contributed by atoms with E-state index in [0.717, 1.165) is 25.7 Å². The molecule has 0 unspecified atom stereocenters. The van der Waals surface area contributed by atoms with E-state index >= 15 is 0 Å². The number of hydrogen-bond donors (Lipinski definition) is 1. The van der Waals surface area contributed by atoms with E-state index in [2.05, 4.69) is 0 Å². The summed E-state index contributed by atoms with van der Waals surface area (Å²) in [6.07, 6.45) is 3.82. The van der Waals surface area contributed by atoms with E-state index in [9.17, 15) is 4.79 Å². The van der Waals surface area contributed by atoms with Crippen LogP contribution >= 0.6 is 23.2 Å². The minimum absolute atomic E-state index is 0.0463. The second-order valence-corrected chi connectivity index (χ2v) is 5.41. The fourth-order valence-electron chi connectivity index (χ4n) is 2.54. The highest BCUT2D eigenvalue weighted by Gasteiger charge is 2.40. The first kappa shape index (κ1) is 12.9. The summed E-state index contributed by atoms with van der Waals surface area (Å²) in [5, 5.41) is 0.765. The van der Waals surface area contributed by atoms with E-state index < -0.39 is 5.41 Å². The topological polar surface area (TPSA) is 43.1 Å². The molecule has 1 aromatic rings. The SMILES string of the molecule is NCC1(C(=O)c2cccc(Cl)c2Cl)CCCC1. The third-order valence-corrected chi connectivity index (χ3v) is 4.45. The molecule has 17 heavy (non-hydrogen) atoms. The van der Waals surface area contributed by atoms with Crippen molar-refractivity contribution < 1.29 is 4.79 Å². The fourth-order valence-corrected chi connectivity index (χ4v) is 2.93. The first-order valence-electron chi connectivity index (χ1n) is 5.80. The highest BCUT2D eigenvalue weighted by molar-refractivity contribution is 6.44. The predicted octanol–water partition coefficient (Wildman–Crippen LogP) is 3.70. The second-order valence-electron chi connectivity index (χ2n) is 4.62. The molecule has 1 saturated carbocycles. The van der Waals surface area contributed by atoms with Crippen molar-refractivity contribution in [2.75, 3.05) is 6.54 Å². The largest absolute Gasteiger partial charge is 0.329 e. The van der Waals surface area contributed by atoms with Crippen LogP contribution in [-0.4, -0.2) is 12.3 Å². The van der Waals surface area contributed by atoms with Gasteiger partial charge in [-0.25, -0.2) is 0 Å². The summed E-state index contributed by atoms with van der Waals surface area (Å²) in [6.45, 7) is 0.384. The van der Waals surface area contributed by atoms with Gasteiger partial charge in [0.2, 0.25) is 0 Å². The maximum absolute atomic E-state index is 12.5. The molecule has 1 aliphatic rings. The summed E-state index contributed by atoms with van der Waals surface area (Å²) in [5.74, 6) is 0.0463. The lowest BCUT2D eigenvalue weighted by Gasteiger charge is -2.26. The van der Waals surface area contributed by atoms with E-state index in [4.69, 9.17) is 28.9 Å². The molecule has 2 N–H and O–H groups in total. The minimum atomic E-state index is -0.422. The average Bonchev–Trinajstić information content (AvgIpc) is 2.82. The van der Waals surface area contributed by atoms with Crippen molar-refractivity contribution >= 4 is 29.0 Å². The number of carbonyl (C=O) groups excluding carboxylic acids is 1. The van der Waals surface area contributed by atoms with E-state index in [1.165, 1.54) is 0 Å². The Hall–Kier alpha value is -0.570.